The molecule has 0 atom stereocenters. The van der Waals surface area contributed by atoms with Crippen molar-refractivity contribution in [3.8, 4) is 11.1 Å². The Morgan fingerprint density at radius 1 is 0.789 bits per heavy atom. The summed E-state index contributed by atoms with van der Waals surface area (Å²) in [7, 11) is 0. The van der Waals surface area contributed by atoms with Crippen LogP contribution in [0.4, 0.5) is 0 Å². The summed E-state index contributed by atoms with van der Waals surface area (Å²) < 4.78 is 0. The average Bonchev–Trinajstić information content (AvgIpc) is 2.98. The Morgan fingerprint density at radius 2 is 1.42 bits per heavy atom. The van der Waals surface area contributed by atoms with E-state index in [1.807, 2.05) is 71.4 Å². The Kier molecular flexibility index (Phi) is 3.25. The highest BCUT2D eigenvalue weighted by Gasteiger charge is 2.15. The Hall–Kier alpha value is -2.19. The molecule has 92 valence electrons. The van der Waals surface area contributed by atoms with E-state index in [-0.39, 0.29) is 5.78 Å². The van der Waals surface area contributed by atoms with Gasteiger partial charge in [0.15, 0.2) is 5.78 Å². The highest BCUT2D eigenvalue weighted by molar-refractivity contribution is 7.08. The Bertz CT molecular complexity index is 684. The topological polar surface area (TPSA) is 17.1 Å². The maximum absolute atomic E-state index is 12.5. The lowest BCUT2D eigenvalue weighted by Crippen LogP contribution is -2.00. The number of ketones is 1. The second kappa shape index (κ2) is 5.21. The van der Waals surface area contributed by atoms with Crippen LogP contribution in [-0.2, 0) is 0 Å². The third-order valence-corrected chi connectivity index (χ3v) is 3.77. The lowest BCUT2D eigenvalue weighted by molar-refractivity contribution is 0.104. The summed E-state index contributed by atoms with van der Waals surface area (Å²) in [6, 6.07) is 19.4. The van der Waals surface area contributed by atoms with Gasteiger partial charge in [-0.15, -0.1) is 0 Å². The monoisotopic (exact) mass is 264 g/mol. The van der Waals surface area contributed by atoms with Crippen LogP contribution in [0, 0.1) is 0 Å². The van der Waals surface area contributed by atoms with Crippen LogP contribution in [-0.4, -0.2) is 5.78 Å². The Balaban J connectivity index is 2.04. The molecule has 3 aromatic rings. The summed E-state index contributed by atoms with van der Waals surface area (Å²) in [4.78, 5) is 12.5. The van der Waals surface area contributed by atoms with Gasteiger partial charge in [0.05, 0.1) is 0 Å². The van der Waals surface area contributed by atoms with Gasteiger partial charge in [-0.2, -0.15) is 11.3 Å². The number of carbonyl (C=O) groups is 1. The van der Waals surface area contributed by atoms with Crippen molar-refractivity contribution in [1.29, 1.82) is 0 Å². The smallest absolute Gasteiger partial charge is 0.194 e. The van der Waals surface area contributed by atoms with Crippen molar-refractivity contribution >= 4 is 17.1 Å². The summed E-state index contributed by atoms with van der Waals surface area (Å²) in [5.74, 6) is 0.0840. The van der Waals surface area contributed by atoms with Gasteiger partial charge >= 0.3 is 0 Å². The quantitative estimate of drug-likeness (QED) is 0.629. The second-order valence-electron chi connectivity index (χ2n) is 4.26. The third-order valence-electron chi connectivity index (χ3n) is 3.03. The molecule has 2 heteroatoms. The summed E-state index contributed by atoms with van der Waals surface area (Å²) in [5.41, 5.74) is 3.61. The van der Waals surface area contributed by atoms with Gasteiger partial charge < -0.3 is 0 Å². The molecule has 1 nitrogen and oxygen atoms in total. The van der Waals surface area contributed by atoms with E-state index in [1.54, 1.807) is 11.3 Å². The van der Waals surface area contributed by atoms with Gasteiger partial charge in [0.25, 0.3) is 0 Å². The van der Waals surface area contributed by atoms with Crippen molar-refractivity contribution in [2.45, 2.75) is 0 Å². The molecule has 3 rings (SSSR count). The van der Waals surface area contributed by atoms with E-state index < -0.39 is 0 Å². The molecule has 0 N–H and O–H groups in total. The predicted molar refractivity (Wildman–Crippen MR) is 79.6 cm³/mol. The van der Waals surface area contributed by atoms with Crippen LogP contribution in [0.25, 0.3) is 11.1 Å². The van der Waals surface area contributed by atoms with E-state index >= 15 is 0 Å². The molecule has 1 aromatic heterocycles. The fourth-order valence-corrected chi connectivity index (χ4v) is 2.90. The molecule has 0 aliphatic carbocycles. The van der Waals surface area contributed by atoms with Crippen molar-refractivity contribution in [3.63, 3.8) is 0 Å². The first-order valence-electron chi connectivity index (χ1n) is 6.07. The zero-order chi connectivity index (χ0) is 13.1. The van der Waals surface area contributed by atoms with Crippen molar-refractivity contribution in [2.24, 2.45) is 0 Å². The minimum atomic E-state index is 0.0840. The number of hydrogen-bond acceptors (Lipinski definition) is 2. The van der Waals surface area contributed by atoms with Crippen LogP contribution < -0.4 is 0 Å². The summed E-state index contributed by atoms with van der Waals surface area (Å²) in [5, 5.41) is 3.96. The van der Waals surface area contributed by atoms with Gasteiger partial charge in [0, 0.05) is 22.1 Å². The molecule has 0 aliphatic heterocycles. The standard InChI is InChI=1S/C17H12OS/c18-17(14-9-5-2-6-10-14)16-12-19-11-15(16)13-7-3-1-4-8-13/h1-12H. The zero-order valence-corrected chi connectivity index (χ0v) is 11.1. The molecule has 0 radical (unpaired) electrons. The highest BCUT2D eigenvalue weighted by atomic mass is 32.1. The van der Waals surface area contributed by atoms with Gasteiger partial charge in [-0.1, -0.05) is 60.7 Å². The number of thiophene rings is 1. The largest absolute Gasteiger partial charge is 0.289 e. The maximum Gasteiger partial charge on any atom is 0.194 e. The first-order valence-corrected chi connectivity index (χ1v) is 7.02. The van der Waals surface area contributed by atoms with Crippen LogP contribution in [0.2, 0.25) is 0 Å². The van der Waals surface area contributed by atoms with Crippen LogP contribution in [0.3, 0.4) is 0 Å². The molecular weight excluding hydrogens is 252 g/mol. The predicted octanol–water partition coefficient (Wildman–Crippen LogP) is 4.65. The van der Waals surface area contributed by atoms with Gasteiger partial charge in [0.1, 0.15) is 0 Å². The van der Waals surface area contributed by atoms with Gasteiger partial charge in [-0.05, 0) is 10.9 Å². The molecule has 19 heavy (non-hydrogen) atoms. The van der Waals surface area contributed by atoms with Crippen molar-refractivity contribution < 1.29 is 4.79 Å². The Morgan fingerprint density at radius 3 is 2.11 bits per heavy atom. The number of rotatable bonds is 3. The molecule has 0 aliphatic rings. The van der Waals surface area contributed by atoms with Gasteiger partial charge in [0.2, 0.25) is 0 Å². The maximum atomic E-state index is 12.5. The molecule has 0 spiro atoms. The summed E-state index contributed by atoms with van der Waals surface area (Å²) in [6.45, 7) is 0. The van der Waals surface area contributed by atoms with E-state index in [0.717, 1.165) is 22.3 Å². The van der Waals surface area contributed by atoms with Crippen LogP contribution in [0.15, 0.2) is 71.4 Å². The number of hydrogen-bond donors (Lipinski definition) is 0. The van der Waals surface area contributed by atoms with Crippen LogP contribution in [0.5, 0.6) is 0 Å². The SMILES string of the molecule is O=C(c1ccccc1)c1cscc1-c1ccccc1. The zero-order valence-electron chi connectivity index (χ0n) is 10.2. The van der Waals surface area contributed by atoms with E-state index in [9.17, 15) is 4.79 Å². The van der Waals surface area contributed by atoms with E-state index in [4.69, 9.17) is 0 Å². The van der Waals surface area contributed by atoms with Gasteiger partial charge in [-0.3, -0.25) is 4.79 Å². The molecular formula is C17H12OS. The number of benzene rings is 2. The number of carbonyl (C=O) groups excluding carboxylic acids is 1. The fraction of sp³-hybridized carbons (Fsp3) is 0. The minimum absolute atomic E-state index is 0.0840. The summed E-state index contributed by atoms with van der Waals surface area (Å²) in [6.07, 6.45) is 0. The first-order chi connectivity index (χ1) is 9.36. The van der Waals surface area contributed by atoms with E-state index in [2.05, 4.69) is 0 Å². The first kappa shape index (κ1) is 11.9. The molecule has 0 saturated heterocycles. The highest BCUT2D eigenvalue weighted by Crippen LogP contribution is 2.29. The van der Waals surface area contributed by atoms with Crippen molar-refractivity contribution in [2.75, 3.05) is 0 Å². The molecule has 2 aromatic carbocycles. The van der Waals surface area contributed by atoms with Crippen molar-refractivity contribution in [3.05, 3.63) is 82.6 Å². The second-order valence-corrected chi connectivity index (χ2v) is 5.00. The molecule has 1 heterocycles. The van der Waals surface area contributed by atoms with Crippen LogP contribution in [0.1, 0.15) is 15.9 Å². The third kappa shape index (κ3) is 2.35. The average molecular weight is 264 g/mol. The van der Waals surface area contributed by atoms with E-state index in [0.29, 0.717) is 0 Å². The summed E-state index contributed by atoms with van der Waals surface area (Å²) >= 11 is 1.56. The fourth-order valence-electron chi connectivity index (χ4n) is 2.06. The van der Waals surface area contributed by atoms with Gasteiger partial charge in [-0.25, -0.2) is 0 Å². The van der Waals surface area contributed by atoms with Crippen molar-refractivity contribution in [1.82, 2.24) is 0 Å². The van der Waals surface area contributed by atoms with E-state index in [1.165, 1.54) is 0 Å². The van der Waals surface area contributed by atoms with Crippen LogP contribution >= 0.6 is 11.3 Å². The minimum Gasteiger partial charge on any atom is -0.289 e. The molecule has 0 fully saturated rings. The molecule has 0 unspecified atom stereocenters. The molecule has 0 bridgehead atoms. The molecule has 0 saturated carbocycles. The molecule has 0 amide bonds. The Labute approximate surface area is 116 Å². The lowest BCUT2D eigenvalue weighted by Gasteiger charge is -2.03. The normalized spacial score (nSPS) is 10.3. The lowest BCUT2D eigenvalue weighted by atomic mass is 9.98.